The summed E-state index contributed by atoms with van der Waals surface area (Å²) >= 11 is 0. The summed E-state index contributed by atoms with van der Waals surface area (Å²) in [4.78, 5) is 8.65. The van der Waals surface area contributed by atoms with Crippen LogP contribution in [0.2, 0.25) is 0 Å². The fourth-order valence-corrected chi connectivity index (χ4v) is 2.95. The second kappa shape index (κ2) is 7.39. The Balaban J connectivity index is 1.79. The van der Waals surface area contributed by atoms with Gasteiger partial charge in [0.25, 0.3) is 0 Å². The lowest BCUT2D eigenvalue weighted by atomic mass is 9.95. The molecule has 1 unspecified atom stereocenters. The summed E-state index contributed by atoms with van der Waals surface area (Å²) in [7, 11) is 0. The van der Waals surface area contributed by atoms with Gasteiger partial charge in [-0.1, -0.05) is 45.0 Å². The lowest BCUT2D eigenvalue weighted by Crippen LogP contribution is -2.00. The molecule has 24 heavy (non-hydrogen) atoms. The Morgan fingerprint density at radius 2 is 1.46 bits per heavy atom. The Morgan fingerprint density at radius 3 is 2.12 bits per heavy atom. The first kappa shape index (κ1) is 16.4. The minimum Gasteiger partial charge on any atom is -0.265 e. The van der Waals surface area contributed by atoms with Gasteiger partial charge in [0.05, 0.1) is 0 Å². The molecule has 0 N–H and O–H groups in total. The first-order valence-electron chi connectivity index (χ1n) is 8.58. The normalized spacial score (nSPS) is 12.3. The van der Waals surface area contributed by atoms with Gasteiger partial charge in [-0.15, -0.1) is 0 Å². The van der Waals surface area contributed by atoms with E-state index in [0.717, 1.165) is 12.1 Å². The zero-order valence-corrected chi connectivity index (χ0v) is 14.6. The predicted octanol–water partition coefficient (Wildman–Crippen LogP) is 5.61. The molecule has 122 valence electrons. The van der Waals surface area contributed by atoms with Crippen LogP contribution in [0, 0.1) is 0 Å². The monoisotopic (exact) mass is 316 g/mol. The van der Waals surface area contributed by atoms with Crippen molar-refractivity contribution in [3.63, 3.8) is 0 Å². The number of aromatic nitrogens is 2. The van der Waals surface area contributed by atoms with Crippen molar-refractivity contribution in [2.75, 3.05) is 0 Å². The molecule has 3 rings (SSSR count). The van der Waals surface area contributed by atoms with Crippen LogP contribution in [0.25, 0.3) is 11.1 Å². The summed E-state index contributed by atoms with van der Waals surface area (Å²) in [5, 5.41) is 0. The number of hydrogen-bond acceptors (Lipinski definition) is 2. The zero-order chi connectivity index (χ0) is 16.9. The lowest BCUT2D eigenvalue weighted by Gasteiger charge is -2.12. The van der Waals surface area contributed by atoms with Crippen LogP contribution in [0.15, 0.2) is 67.1 Å². The van der Waals surface area contributed by atoms with Crippen LogP contribution in [0.4, 0.5) is 0 Å². The SMILES string of the molecule is CC(C)c1ccc(-c2ccnc(CC(C)c3ccncc3)c2)cc1. The highest BCUT2D eigenvalue weighted by molar-refractivity contribution is 5.63. The molecule has 0 bridgehead atoms. The maximum Gasteiger partial charge on any atom is 0.0415 e. The van der Waals surface area contributed by atoms with Gasteiger partial charge in [0.15, 0.2) is 0 Å². The van der Waals surface area contributed by atoms with Crippen molar-refractivity contribution in [1.82, 2.24) is 9.97 Å². The molecular weight excluding hydrogens is 292 g/mol. The molecular formula is C22H24N2. The van der Waals surface area contributed by atoms with Crippen molar-refractivity contribution >= 4 is 0 Å². The smallest absolute Gasteiger partial charge is 0.0415 e. The van der Waals surface area contributed by atoms with Gasteiger partial charge >= 0.3 is 0 Å². The number of pyridine rings is 2. The molecule has 0 saturated heterocycles. The first-order chi connectivity index (χ1) is 11.6. The van der Waals surface area contributed by atoms with E-state index in [2.05, 4.69) is 79.3 Å². The summed E-state index contributed by atoms with van der Waals surface area (Å²) in [6.45, 7) is 6.68. The van der Waals surface area contributed by atoms with E-state index in [1.807, 2.05) is 18.6 Å². The van der Waals surface area contributed by atoms with Crippen molar-refractivity contribution in [3.05, 3.63) is 83.9 Å². The van der Waals surface area contributed by atoms with Crippen molar-refractivity contribution in [2.45, 2.75) is 39.0 Å². The van der Waals surface area contributed by atoms with Crippen molar-refractivity contribution in [3.8, 4) is 11.1 Å². The molecule has 0 spiro atoms. The fraction of sp³-hybridized carbons (Fsp3) is 0.273. The molecule has 1 aromatic carbocycles. The number of benzene rings is 1. The highest BCUT2D eigenvalue weighted by Crippen LogP contribution is 2.25. The Morgan fingerprint density at radius 1 is 0.750 bits per heavy atom. The summed E-state index contributed by atoms with van der Waals surface area (Å²) in [6, 6.07) is 17.3. The molecule has 2 nitrogen and oxygen atoms in total. The quantitative estimate of drug-likeness (QED) is 0.611. The molecule has 0 radical (unpaired) electrons. The van der Waals surface area contributed by atoms with E-state index >= 15 is 0 Å². The van der Waals surface area contributed by atoms with Crippen LogP contribution in [-0.2, 0) is 6.42 Å². The van der Waals surface area contributed by atoms with Crippen LogP contribution >= 0.6 is 0 Å². The van der Waals surface area contributed by atoms with Gasteiger partial charge in [0.1, 0.15) is 0 Å². The van der Waals surface area contributed by atoms with Crippen LogP contribution in [0.3, 0.4) is 0 Å². The number of rotatable bonds is 5. The summed E-state index contributed by atoms with van der Waals surface area (Å²) < 4.78 is 0. The maximum atomic E-state index is 4.56. The van der Waals surface area contributed by atoms with Gasteiger partial charge in [0, 0.05) is 24.3 Å². The highest BCUT2D eigenvalue weighted by atomic mass is 14.7. The minimum absolute atomic E-state index is 0.430. The molecule has 3 aromatic rings. The fourth-order valence-electron chi connectivity index (χ4n) is 2.95. The summed E-state index contributed by atoms with van der Waals surface area (Å²) in [5.41, 5.74) is 6.29. The van der Waals surface area contributed by atoms with E-state index in [9.17, 15) is 0 Å². The second-order valence-corrected chi connectivity index (χ2v) is 6.70. The predicted molar refractivity (Wildman–Crippen MR) is 100 cm³/mol. The largest absolute Gasteiger partial charge is 0.265 e. The van der Waals surface area contributed by atoms with E-state index in [0.29, 0.717) is 11.8 Å². The number of nitrogens with zero attached hydrogens (tertiary/aromatic N) is 2. The molecule has 2 heteroatoms. The second-order valence-electron chi connectivity index (χ2n) is 6.70. The van der Waals surface area contributed by atoms with Crippen LogP contribution in [0.5, 0.6) is 0 Å². The molecule has 2 aromatic heterocycles. The number of hydrogen-bond donors (Lipinski definition) is 0. The van der Waals surface area contributed by atoms with Crippen LogP contribution < -0.4 is 0 Å². The molecule has 0 aliphatic carbocycles. The zero-order valence-electron chi connectivity index (χ0n) is 14.6. The molecule has 0 aliphatic rings. The molecule has 0 aliphatic heterocycles. The average Bonchev–Trinajstić information content (AvgIpc) is 2.63. The molecule has 1 atom stereocenters. The molecule has 2 heterocycles. The van der Waals surface area contributed by atoms with Crippen molar-refractivity contribution < 1.29 is 0 Å². The van der Waals surface area contributed by atoms with Gasteiger partial charge in [0.2, 0.25) is 0 Å². The Kier molecular flexibility index (Phi) is 5.05. The topological polar surface area (TPSA) is 25.8 Å². The van der Waals surface area contributed by atoms with Gasteiger partial charge in [-0.05, 0) is 64.8 Å². The van der Waals surface area contributed by atoms with Gasteiger partial charge < -0.3 is 0 Å². The van der Waals surface area contributed by atoms with E-state index < -0.39 is 0 Å². The minimum atomic E-state index is 0.430. The third-order valence-electron chi connectivity index (χ3n) is 4.52. The van der Waals surface area contributed by atoms with E-state index in [-0.39, 0.29) is 0 Å². The van der Waals surface area contributed by atoms with Crippen LogP contribution in [-0.4, -0.2) is 9.97 Å². The maximum absolute atomic E-state index is 4.56. The Labute approximate surface area is 144 Å². The average molecular weight is 316 g/mol. The third kappa shape index (κ3) is 3.88. The Bertz CT molecular complexity index is 777. The molecule has 0 amide bonds. The van der Waals surface area contributed by atoms with Crippen molar-refractivity contribution in [1.29, 1.82) is 0 Å². The summed E-state index contributed by atoms with van der Waals surface area (Å²) in [5.74, 6) is 0.993. The molecule has 0 saturated carbocycles. The van der Waals surface area contributed by atoms with Gasteiger partial charge in [-0.2, -0.15) is 0 Å². The van der Waals surface area contributed by atoms with E-state index in [4.69, 9.17) is 0 Å². The first-order valence-corrected chi connectivity index (χ1v) is 8.58. The lowest BCUT2D eigenvalue weighted by molar-refractivity contribution is 0.739. The summed E-state index contributed by atoms with van der Waals surface area (Å²) in [6.07, 6.45) is 6.56. The van der Waals surface area contributed by atoms with Crippen LogP contribution in [0.1, 0.15) is 49.4 Å². The highest BCUT2D eigenvalue weighted by Gasteiger charge is 2.09. The molecule has 0 fully saturated rings. The standard InChI is InChI=1S/C22H24N2/c1-16(2)18-4-6-20(7-5-18)21-10-13-24-22(15-21)14-17(3)19-8-11-23-12-9-19/h4-13,15-17H,14H2,1-3H3. The third-order valence-corrected chi connectivity index (χ3v) is 4.52. The van der Waals surface area contributed by atoms with E-state index in [1.54, 1.807) is 0 Å². The Hall–Kier alpha value is -2.48. The van der Waals surface area contributed by atoms with E-state index in [1.165, 1.54) is 22.3 Å². The van der Waals surface area contributed by atoms with Gasteiger partial charge in [-0.3, -0.25) is 9.97 Å². The van der Waals surface area contributed by atoms with Crippen molar-refractivity contribution in [2.24, 2.45) is 0 Å². The van der Waals surface area contributed by atoms with Gasteiger partial charge in [-0.25, -0.2) is 0 Å².